The SMILES string of the molecule is CO[C@@H]1O[C@H](COCc2ccccc2)[C@@H](OCc2ccccc2)[C@H](OCc2ccccc2)[C@@H](OCc2ccccc2)[C@H]1O.CO[C@@H]1O[C@H](COCc2ccccc2)[C@@H](OCc2ccccc2)[C@H](OCc2ccccc2)[C@@H](OCc2ccccc2)[C@H]1OC(=O)c1ccccc1. The molecular formula is C79H84O15. The molecule has 0 bridgehead atoms. The van der Waals surface area contributed by atoms with Crippen molar-refractivity contribution >= 4 is 5.97 Å². The van der Waals surface area contributed by atoms with E-state index in [9.17, 15) is 9.90 Å². The number of aliphatic hydroxyl groups excluding tert-OH is 1. The van der Waals surface area contributed by atoms with Gasteiger partial charge < -0.3 is 66.7 Å². The van der Waals surface area contributed by atoms with Crippen molar-refractivity contribution in [2.45, 2.75) is 126 Å². The molecule has 0 saturated carbocycles. The minimum atomic E-state index is -1.16. The molecule has 490 valence electrons. The molecule has 15 heteroatoms. The van der Waals surface area contributed by atoms with Gasteiger partial charge in [-0.3, -0.25) is 0 Å². The van der Waals surface area contributed by atoms with Crippen molar-refractivity contribution in [2.24, 2.45) is 0 Å². The van der Waals surface area contributed by atoms with Crippen LogP contribution in [-0.4, -0.2) is 112 Å². The molecule has 0 aliphatic carbocycles. The van der Waals surface area contributed by atoms with Gasteiger partial charge in [0.25, 0.3) is 0 Å². The maximum absolute atomic E-state index is 13.7. The van der Waals surface area contributed by atoms with Crippen molar-refractivity contribution < 1.29 is 71.5 Å². The number of hydrogen-bond acceptors (Lipinski definition) is 15. The van der Waals surface area contributed by atoms with Crippen molar-refractivity contribution in [1.82, 2.24) is 0 Å². The van der Waals surface area contributed by atoms with Gasteiger partial charge in [-0.15, -0.1) is 0 Å². The molecule has 0 unspecified atom stereocenters. The molecule has 2 saturated heterocycles. The number of ether oxygens (including phenoxy) is 13. The number of aliphatic hydroxyl groups is 1. The lowest BCUT2D eigenvalue weighted by atomic mass is 9.99. The molecule has 11 rings (SSSR count). The first-order valence-electron chi connectivity index (χ1n) is 31.9. The Balaban J connectivity index is 0.000000208. The van der Waals surface area contributed by atoms with Crippen LogP contribution in [0.25, 0.3) is 0 Å². The molecule has 9 aromatic rings. The Hall–Kier alpha value is -8.07. The van der Waals surface area contributed by atoms with E-state index in [4.69, 9.17) is 61.6 Å². The van der Waals surface area contributed by atoms with Crippen LogP contribution in [0.15, 0.2) is 273 Å². The molecule has 2 aliphatic rings. The fourth-order valence-corrected chi connectivity index (χ4v) is 11.2. The first kappa shape index (κ1) is 68.8. The highest BCUT2D eigenvalue weighted by Gasteiger charge is 2.52. The number of carbonyl (C=O) groups is 1. The highest BCUT2D eigenvalue weighted by atomic mass is 16.7. The summed E-state index contributed by atoms with van der Waals surface area (Å²) in [5, 5.41) is 11.6. The first-order valence-corrected chi connectivity index (χ1v) is 31.9. The number of methoxy groups -OCH3 is 2. The van der Waals surface area contributed by atoms with Crippen molar-refractivity contribution in [3.63, 3.8) is 0 Å². The van der Waals surface area contributed by atoms with E-state index in [2.05, 4.69) is 0 Å². The van der Waals surface area contributed by atoms with Gasteiger partial charge in [0.05, 0.1) is 71.6 Å². The van der Waals surface area contributed by atoms with Crippen LogP contribution < -0.4 is 0 Å². The number of esters is 1. The number of benzene rings is 9. The van der Waals surface area contributed by atoms with E-state index in [0.29, 0.717) is 32.0 Å². The molecule has 0 aromatic heterocycles. The largest absolute Gasteiger partial charge is 0.450 e. The topological polar surface area (TPSA) is 157 Å². The van der Waals surface area contributed by atoms with E-state index < -0.39 is 79.6 Å². The van der Waals surface area contributed by atoms with Gasteiger partial charge in [-0.2, -0.15) is 0 Å². The Bertz CT molecular complexity index is 3480. The lowest BCUT2D eigenvalue weighted by Gasteiger charge is -2.36. The second-order valence-electron chi connectivity index (χ2n) is 22.9. The Labute approximate surface area is 551 Å². The minimum Gasteiger partial charge on any atom is -0.450 e. The summed E-state index contributed by atoms with van der Waals surface area (Å²) in [7, 11) is 3.03. The van der Waals surface area contributed by atoms with E-state index in [1.54, 1.807) is 24.3 Å². The summed E-state index contributed by atoms with van der Waals surface area (Å²) in [6.07, 6.45) is -10.2. The molecule has 2 heterocycles. The number of carbonyl (C=O) groups excluding carboxylic acids is 1. The van der Waals surface area contributed by atoms with E-state index >= 15 is 0 Å². The second kappa shape index (κ2) is 37.7. The summed E-state index contributed by atoms with van der Waals surface area (Å²) in [5.41, 5.74) is 8.30. The molecule has 94 heavy (non-hydrogen) atoms. The molecule has 9 aromatic carbocycles. The van der Waals surface area contributed by atoms with Crippen LogP contribution in [0.2, 0.25) is 0 Å². The number of hydrogen-bond donors (Lipinski definition) is 1. The summed E-state index contributed by atoms with van der Waals surface area (Å²) in [6, 6.07) is 88.0. The molecule has 12 atom stereocenters. The Morgan fingerprint density at radius 2 is 0.553 bits per heavy atom. The fourth-order valence-electron chi connectivity index (χ4n) is 11.2. The van der Waals surface area contributed by atoms with E-state index in [1.807, 2.05) is 249 Å². The summed E-state index contributed by atoms with van der Waals surface area (Å²) in [6.45, 7) is 2.70. The highest BCUT2D eigenvalue weighted by molar-refractivity contribution is 5.89. The average molecular weight is 1270 g/mol. The summed E-state index contributed by atoms with van der Waals surface area (Å²) >= 11 is 0. The van der Waals surface area contributed by atoms with Crippen LogP contribution >= 0.6 is 0 Å². The molecule has 0 amide bonds. The Morgan fingerprint density at radius 1 is 0.309 bits per heavy atom. The van der Waals surface area contributed by atoms with Crippen molar-refractivity contribution in [2.75, 3.05) is 27.4 Å². The summed E-state index contributed by atoms with van der Waals surface area (Å²) < 4.78 is 83.5. The smallest absolute Gasteiger partial charge is 0.338 e. The quantitative estimate of drug-likeness (QED) is 0.0424. The molecule has 1 N–H and O–H groups in total. The van der Waals surface area contributed by atoms with Gasteiger partial charge in [-0.05, 0) is 56.6 Å². The summed E-state index contributed by atoms with van der Waals surface area (Å²) in [5.74, 6) is -0.540. The van der Waals surface area contributed by atoms with Gasteiger partial charge in [0.2, 0.25) is 0 Å². The zero-order chi connectivity index (χ0) is 64.8. The van der Waals surface area contributed by atoms with Gasteiger partial charge in [0.1, 0.15) is 54.9 Å². The zero-order valence-corrected chi connectivity index (χ0v) is 53.1. The predicted molar refractivity (Wildman–Crippen MR) is 355 cm³/mol. The van der Waals surface area contributed by atoms with Crippen LogP contribution in [0, 0.1) is 0 Å². The minimum absolute atomic E-state index is 0.143. The standard InChI is InChI=1S/C43H44O8.C36H40O7/c1-45-43-41(51-42(44)36-25-15-6-16-26-36)40(49-30-35-23-13-5-14-24-35)39(48-29-34-21-11-4-12-22-34)38(47-28-33-19-9-3-10-20-33)37(50-43)31-46-27-32-17-7-2-8-18-32;1-38-36-32(37)34(41-24-29-18-10-4-11-19-29)35(42-25-30-20-12-5-13-21-30)33(40-23-28-16-8-3-9-17-28)31(43-36)26-39-22-27-14-6-2-7-15-27/h2-26,37-41,43H,27-31H2,1H3;2-21,31-37H,22-26H2,1H3/t37-,38-,39+,40-,41-,43-;31-,32-,33-,34+,35+,36-/m11/s1. The van der Waals surface area contributed by atoms with Gasteiger partial charge >= 0.3 is 5.97 Å². The highest BCUT2D eigenvalue weighted by Crippen LogP contribution is 2.34. The average Bonchev–Trinajstić information content (AvgIpc) is 1.65. The van der Waals surface area contributed by atoms with Crippen molar-refractivity contribution in [3.8, 4) is 0 Å². The monoisotopic (exact) mass is 1270 g/mol. The fraction of sp³-hybridized carbons (Fsp3) is 0.304. The van der Waals surface area contributed by atoms with Gasteiger partial charge in [-0.25, -0.2) is 4.79 Å². The molecule has 2 aliphatic heterocycles. The molecule has 0 spiro atoms. The van der Waals surface area contributed by atoms with Crippen molar-refractivity contribution in [3.05, 3.63) is 323 Å². The van der Waals surface area contributed by atoms with E-state index in [1.165, 1.54) is 14.2 Å². The van der Waals surface area contributed by atoms with Gasteiger partial charge in [0.15, 0.2) is 18.7 Å². The zero-order valence-electron chi connectivity index (χ0n) is 53.1. The van der Waals surface area contributed by atoms with Crippen LogP contribution in [0.5, 0.6) is 0 Å². The summed E-state index contributed by atoms with van der Waals surface area (Å²) in [4.78, 5) is 13.7. The maximum atomic E-state index is 13.7. The Kier molecular flexibility index (Phi) is 27.6. The van der Waals surface area contributed by atoms with Gasteiger partial charge in [-0.1, -0.05) is 261 Å². The first-order chi connectivity index (χ1) is 46.4. The van der Waals surface area contributed by atoms with E-state index in [0.717, 1.165) is 44.5 Å². The number of rotatable bonds is 30. The van der Waals surface area contributed by atoms with Crippen LogP contribution in [0.4, 0.5) is 0 Å². The third-order valence-electron chi connectivity index (χ3n) is 16.1. The van der Waals surface area contributed by atoms with Crippen molar-refractivity contribution in [1.29, 1.82) is 0 Å². The molecular weight excluding hydrogens is 1190 g/mol. The molecule has 2 fully saturated rings. The van der Waals surface area contributed by atoms with E-state index in [-0.39, 0.29) is 39.6 Å². The van der Waals surface area contributed by atoms with Crippen LogP contribution in [0.3, 0.4) is 0 Å². The van der Waals surface area contributed by atoms with Crippen LogP contribution in [-0.2, 0) is 114 Å². The van der Waals surface area contributed by atoms with Gasteiger partial charge in [0, 0.05) is 14.2 Å². The normalized spacial score (nSPS) is 22.8. The third-order valence-corrected chi connectivity index (χ3v) is 16.1. The third kappa shape index (κ3) is 21.0. The lowest BCUT2D eigenvalue weighted by molar-refractivity contribution is -0.231. The molecule has 0 radical (unpaired) electrons. The Morgan fingerprint density at radius 3 is 0.862 bits per heavy atom. The second-order valence-corrected chi connectivity index (χ2v) is 22.9. The predicted octanol–water partition coefficient (Wildman–Crippen LogP) is 13.2. The van der Waals surface area contributed by atoms with Crippen LogP contribution in [0.1, 0.15) is 54.9 Å². The maximum Gasteiger partial charge on any atom is 0.338 e. The molecule has 15 nitrogen and oxygen atoms in total. The lowest BCUT2D eigenvalue weighted by Crippen LogP contribution is -2.52.